The molecule has 17 bridgehead atoms. The summed E-state index contributed by atoms with van der Waals surface area (Å²) in [5, 5.41) is 108. The Bertz CT molecular complexity index is 4540. The summed E-state index contributed by atoms with van der Waals surface area (Å²) in [7, 11) is 0. The summed E-state index contributed by atoms with van der Waals surface area (Å²) in [4.78, 5) is 118. The van der Waals surface area contributed by atoms with Crippen molar-refractivity contribution in [3.63, 3.8) is 0 Å². The Labute approximate surface area is 545 Å². The Hall–Kier alpha value is -11.9. The number of carboxylic acid groups (broad SMARTS) is 1. The third-order valence-corrected chi connectivity index (χ3v) is 16.5. The SMILES string of the molecule is O=C(N[C@@H]1C(=O)N[C@@H]2Cc3ccc(c(Cl)c3)Oc3cc4cc(c3O)Oc3ccc(cc3Cl)[C@@H](O)[C@@H]3NC(=O)[C@H](NC(=O)[C@@H]4NC(=O)[C@@H](NC2=O)c2cc(O)cc(c2)Oc2cc1ccc2O)c1ccc(O)c(c1)-c1c(O)cc(O)cc1[C@@H](C(=O)O)NC3=O)OCc1ccccc1. The minimum absolute atomic E-state index is 0.0179. The van der Waals surface area contributed by atoms with Gasteiger partial charge in [-0.1, -0.05) is 77.8 Å². The summed E-state index contributed by atoms with van der Waals surface area (Å²) in [6.45, 7) is -0.238. The lowest BCUT2D eigenvalue weighted by Gasteiger charge is -2.31. The highest BCUT2D eigenvalue weighted by Crippen LogP contribution is 2.48. The average molecular weight is 1330 g/mol. The van der Waals surface area contributed by atoms with Crippen LogP contribution in [0.15, 0.2) is 146 Å². The molecular weight excluding hydrogens is 1280 g/mol. The maximum atomic E-state index is 15.8. The molecule has 0 radical (unpaired) electrons. The summed E-state index contributed by atoms with van der Waals surface area (Å²) in [6, 6.07) is 15.7. The molecule has 29 heteroatoms. The number of nitrogens with one attached hydrogen (secondary N) is 7. The molecule has 8 aromatic carbocycles. The summed E-state index contributed by atoms with van der Waals surface area (Å²) in [5.41, 5.74) is -1.79. The number of aliphatic carboxylic acids is 1. The number of ether oxygens (including phenoxy) is 4. The van der Waals surface area contributed by atoms with Crippen LogP contribution in [0.5, 0.6) is 69.0 Å². The molecule has 95 heavy (non-hydrogen) atoms. The number of carboxylic acids is 1. The van der Waals surface area contributed by atoms with Crippen LogP contribution in [-0.2, 0) is 51.3 Å². The van der Waals surface area contributed by atoms with E-state index < -0.39 is 165 Å². The fraction of sp³-hybridized carbons (Fsp3) is 0.152. The summed E-state index contributed by atoms with van der Waals surface area (Å²) < 4.78 is 24.1. The molecule has 8 aromatic rings. The van der Waals surface area contributed by atoms with Gasteiger partial charge in [0.15, 0.2) is 29.0 Å². The van der Waals surface area contributed by atoms with E-state index in [0.29, 0.717) is 5.56 Å². The summed E-state index contributed by atoms with van der Waals surface area (Å²) in [6.07, 6.45) is -3.69. The Morgan fingerprint density at radius 2 is 1.12 bits per heavy atom. The smallest absolute Gasteiger partial charge is 0.408 e. The van der Waals surface area contributed by atoms with Gasteiger partial charge in [0.1, 0.15) is 89.2 Å². The fourth-order valence-corrected chi connectivity index (χ4v) is 11.7. The first-order valence-corrected chi connectivity index (χ1v) is 29.4. The number of rotatable bonds is 4. The van der Waals surface area contributed by atoms with Gasteiger partial charge in [0.2, 0.25) is 41.2 Å². The van der Waals surface area contributed by atoms with E-state index in [9.17, 15) is 60.0 Å². The molecule has 0 aliphatic carbocycles. The monoisotopic (exact) mass is 1330 g/mol. The molecule has 6 aliphatic rings. The van der Waals surface area contributed by atoms with Crippen LogP contribution in [0.3, 0.4) is 0 Å². The van der Waals surface area contributed by atoms with Gasteiger partial charge in [-0.15, -0.1) is 0 Å². The van der Waals surface area contributed by atoms with Crippen molar-refractivity contribution in [2.75, 3.05) is 0 Å². The number of halogens is 2. The summed E-state index contributed by atoms with van der Waals surface area (Å²) >= 11 is 13.8. The number of phenols is 6. The normalized spacial score (nSPS) is 20.8. The molecule has 0 unspecified atom stereocenters. The van der Waals surface area contributed by atoms with E-state index in [1.165, 1.54) is 48.5 Å². The number of carbonyl (C=O) groups excluding carboxylic acids is 7. The second kappa shape index (κ2) is 25.6. The number of amides is 7. The Kier molecular flexibility index (Phi) is 17.1. The highest BCUT2D eigenvalue weighted by atomic mass is 35.5. The molecule has 15 N–H and O–H groups in total. The zero-order valence-corrected chi connectivity index (χ0v) is 50.1. The number of phenolic OH excluding ortho intramolecular Hbond substituents is 6. The van der Waals surface area contributed by atoms with Crippen molar-refractivity contribution in [2.24, 2.45) is 0 Å². The second-order valence-corrected chi connectivity index (χ2v) is 23.1. The van der Waals surface area contributed by atoms with Gasteiger partial charge in [-0.25, -0.2) is 9.59 Å². The van der Waals surface area contributed by atoms with Crippen LogP contribution < -0.4 is 51.4 Å². The van der Waals surface area contributed by atoms with Crippen molar-refractivity contribution in [2.45, 2.75) is 61.4 Å². The number of benzene rings is 8. The quantitative estimate of drug-likeness (QED) is 0.0847. The average Bonchev–Trinajstić information content (AvgIpc) is 0.773. The Morgan fingerprint density at radius 1 is 0.516 bits per heavy atom. The molecule has 6 heterocycles. The number of aliphatic hydroxyl groups excluding tert-OH is 1. The van der Waals surface area contributed by atoms with Gasteiger partial charge in [0.25, 0.3) is 0 Å². The summed E-state index contributed by atoms with van der Waals surface area (Å²) in [5.74, 6) is -15.7. The van der Waals surface area contributed by atoms with Crippen LogP contribution in [0.1, 0.15) is 80.8 Å². The van der Waals surface area contributed by atoms with Gasteiger partial charge < -0.3 is 97.0 Å². The van der Waals surface area contributed by atoms with Crippen LogP contribution in [-0.4, -0.2) is 100 Å². The molecule has 0 fully saturated rings. The van der Waals surface area contributed by atoms with Gasteiger partial charge >= 0.3 is 12.1 Å². The van der Waals surface area contributed by atoms with E-state index in [1.807, 2.05) is 0 Å². The number of carbonyl (C=O) groups is 8. The predicted octanol–water partition coefficient (Wildman–Crippen LogP) is 6.95. The van der Waals surface area contributed by atoms with Crippen molar-refractivity contribution in [1.29, 1.82) is 0 Å². The first-order chi connectivity index (χ1) is 45.4. The lowest BCUT2D eigenvalue weighted by atomic mass is 9.89. The van der Waals surface area contributed by atoms with E-state index in [2.05, 4.69) is 37.2 Å². The van der Waals surface area contributed by atoms with Crippen LogP contribution >= 0.6 is 23.2 Å². The van der Waals surface area contributed by atoms with Gasteiger partial charge in [0, 0.05) is 35.2 Å². The van der Waals surface area contributed by atoms with Crippen LogP contribution in [0.2, 0.25) is 10.0 Å². The molecule has 6 aliphatic heterocycles. The molecule has 14 rings (SSSR count). The van der Waals surface area contributed by atoms with Crippen molar-refractivity contribution in [3.05, 3.63) is 200 Å². The van der Waals surface area contributed by atoms with Gasteiger partial charge in [-0.3, -0.25) is 28.8 Å². The maximum Gasteiger partial charge on any atom is 0.408 e. The predicted molar refractivity (Wildman–Crippen MR) is 331 cm³/mol. The minimum atomic E-state index is -2.22. The standard InChI is InChI=1S/C66H51Cl2N7O20/c67-39-14-28-6-12-45(39)94-48-21-33-22-49(58(48)82)95-46-13-9-31(19-40(46)68)57(81)56-64(88)73-55(65(89)90)38-24-35(77)25-44(80)50(38)37-18-29(7-10-42(37)78)51(61(85)74-56)71-63(87)54(33)72-62(86)53-32-16-34(76)23-36(17-32)93-47-20-30(8-11-43(47)79)52(60(84)69-41(15-28)59(83)70-53)75-66(91)92-26-27-4-2-1-3-5-27/h1-14,16-25,41,51-57,76-82H,15,26H2,(H,69,84)(H,70,83)(H,71,87)(H,72,86)(H,73,88)(H,74,85)(H,75,91)(H,89,90)/t41-,51-,52+,53+,54-,55+,56+,57-/m1/s1. The number of hydrogen-bond acceptors (Lipinski definition) is 19. The molecule has 0 saturated heterocycles. The first-order valence-electron chi connectivity index (χ1n) is 28.7. The van der Waals surface area contributed by atoms with Crippen LogP contribution in [0, 0.1) is 0 Å². The van der Waals surface area contributed by atoms with Crippen molar-refractivity contribution >= 4 is 70.7 Å². The molecule has 7 amide bonds. The van der Waals surface area contributed by atoms with E-state index in [4.69, 9.17) is 42.1 Å². The van der Waals surface area contributed by atoms with Crippen molar-refractivity contribution in [1.82, 2.24) is 37.2 Å². The fourth-order valence-electron chi connectivity index (χ4n) is 11.2. The molecule has 484 valence electrons. The largest absolute Gasteiger partial charge is 0.508 e. The van der Waals surface area contributed by atoms with E-state index >= 15 is 19.2 Å². The number of aliphatic hydroxyl groups is 1. The molecule has 8 atom stereocenters. The molecule has 0 spiro atoms. The van der Waals surface area contributed by atoms with Crippen molar-refractivity contribution in [3.8, 4) is 80.1 Å². The van der Waals surface area contributed by atoms with E-state index in [1.54, 1.807) is 30.3 Å². The highest BCUT2D eigenvalue weighted by molar-refractivity contribution is 6.32. The minimum Gasteiger partial charge on any atom is -0.508 e. The van der Waals surface area contributed by atoms with E-state index in [0.717, 1.165) is 66.7 Å². The third-order valence-electron chi connectivity index (χ3n) is 15.9. The highest BCUT2D eigenvalue weighted by Gasteiger charge is 2.42. The maximum absolute atomic E-state index is 15.8. The van der Waals surface area contributed by atoms with Crippen LogP contribution in [0.25, 0.3) is 11.1 Å². The lowest BCUT2D eigenvalue weighted by Crippen LogP contribution is -2.55. The number of hydrogen-bond donors (Lipinski definition) is 15. The number of aromatic hydroxyl groups is 6. The third kappa shape index (κ3) is 13.0. The first kappa shape index (κ1) is 63.2. The molecule has 0 saturated carbocycles. The van der Waals surface area contributed by atoms with Gasteiger partial charge in [-0.05, 0) is 118 Å². The number of alkyl carbamates (subject to hydrolysis) is 1. The second-order valence-electron chi connectivity index (χ2n) is 22.3. The Morgan fingerprint density at radius 3 is 1.80 bits per heavy atom. The topological polar surface area (TPSA) is 420 Å². The molecular formula is C66H51Cl2N7O20. The number of fused-ring (bicyclic) bond motifs is 14. The zero-order valence-electron chi connectivity index (χ0n) is 48.6. The van der Waals surface area contributed by atoms with Gasteiger partial charge in [-0.2, -0.15) is 0 Å². The molecule has 0 aromatic heterocycles. The van der Waals surface area contributed by atoms with Gasteiger partial charge in [0.05, 0.1) is 10.0 Å². The Balaban J connectivity index is 1.04. The van der Waals surface area contributed by atoms with Crippen molar-refractivity contribution < 1.29 is 98.2 Å². The lowest BCUT2D eigenvalue weighted by molar-refractivity contribution is -0.143. The van der Waals surface area contributed by atoms with E-state index in [-0.39, 0.29) is 73.0 Å². The van der Waals surface area contributed by atoms with Crippen LogP contribution in [0.4, 0.5) is 4.79 Å². The zero-order chi connectivity index (χ0) is 67.3. The molecule has 27 nitrogen and oxygen atoms in total.